The Morgan fingerprint density at radius 3 is 3.06 bits per heavy atom. The standard InChI is InChI=1S/C13H11N3/c14-8-11-9-16-7-3-5-10-4-1-2-6-12(10)13(16)15-11/h1-2,4,6,9H,3,5,7H2. The summed E-state index contributed by atoms with van der Waals surface area (Å²) in [7, 11) is 0. The average molecular weight is 209 g/mol. The lowest BCUT2D eigenvalue weighted by Crippen LogP contribution is -1.95. The van der Waals surface area contributed by atoms with Crippen molar-refractivity contribution >= 4 is 0 Å². The largest absolute Gasteiger partial charge is 0.330 e. The fourth-order valence-corrected chi connectivity index (χ4v) is 2.25. The van der Waals surface area contributed by atoms with Crippen molar-refractivity contribution in [3.8, 4) is 17.5 Å². The molecule has 78 valence electrons. The van der Waals surface area contributed by atoms with Gasteiger partial charge in [-0.05, 0) is 18.4 Å². The van der Waals surface area contributed by atoms with Gasteiger partial charge in [0.2, 0.25) is 0 Å². The second kappa shape index (κ2) is 3.49. The molecule has 16 heavy (non-hydrogen) atoms. The molecule has 0 atom stereocenters. The first kappa shape index (κ1) is 9.17. The van der Waals surface area contributed by atoms with Crippen LogP contribution >= 0.6 is 0 Å². The van der Waals surface area contributed by atoms with Crippen molar-refractivity contribution in [3.63, 3.8) is 0 Å². The minimum atomic E-state index is 0.506. The molecule has 1 aliphatic heterocycles. The van der Waals surface area contributed by atoms with Gasteiger partial charge in [-0.2, -0.15) is 5.26 Å². The quantitative estimate of drug-likeness (QED) is 0.668. The third-order valence-corrected chi connectivity index (χ3v) is 2.99. The maximum absolute atomic E-state index is 8.88. The van der Waals surface area contributed by atoms with E-state index in [1.807, 2.05) is 12.3 Å². The third-order valence-electron chi connectivity index (χ3n) is 2.99. The van der Waals surface area contributed by atoms with Gasteiger partial charge >= 0.3 is 0 Å². The van der Waals surface area contributed by atoms with Crippen LogP contribution in [0.25, 0.3) is 11.4 Å². The summed E-state index contributed by atoms with van der Waals surface area (Å²) >= 11 is 0. The minimum Gasteiger partial charge on any atom is -0.330 e. The van der Waals surface area contributed by atoms with Crippen molar-refractivity contribution in [1.82, 2.24) is 9.55 Å². The number of imidazole rings is 1. The number of nitrogens with zero attached hydrogens (tertiary/aromatic N) is 3. The lowest BCUT2D eigenvalue weighted by Gasteiger charge is -2.04. The van der Waals surface area contributed by atoms with Crippen LogP contribution in [0.1, 0.15) is 17.7 Å². The number of nitriles is 1. The number of fused-ring (bicyclic) bond motifs is 3. The Labute approximate surface area is 94.0 Å². The Balaban J connectivity index is 2.25. The first-order chi connectivity index (χ1) is 7.88. The van der Waals surface area contributed by atoms with E-state index in [0.717, 1.165) is 25.2 Å². The number of rotatable bonds is 0. The molecule has 0 unspecified atom stereocenters. The van der Waals surface area contributed by atoms with Gasteiger partial charge in [0, 0.05) is 18.3 Å². The van der Waals surface area contributed by atoms with E-state index in [9.17, 15) is 0 Å². The lowest BCUT2D eigenvalue weighted by atomic mass is 10.0. The van der Waals surface area contributed by atoms with Gasteiger partial charge < -0.3 is 4.57 Å². The van der Waals surface area contributed by atoms with Crippen LogP contribution in [0.3, 0.4) is 0 Å². The SMILES string of the molecule is N#Cc1cn2c(n1)-c1ccccc1CCC2. The number of aromatic nitrogens is 2. The van der Waals surface area contributed by atoms with Crippen molar-refractivity contribution in [2.45, 2.75) is 19.4 Å². The highest BCUT2D eigenvalue weighted by atomic mass is 15.1. The van der Waals surface area contributed by atoms with Crippen LogP contribution in [0, 0.1) is 11.3 Å². The predicted molar refractivity (Wildman–Crippen MR) is 60.7 cm³/mol. The van der Waals surface area contributed by atoms with Crippen LogP contribution < -0.4 is 0 Å². The molecule has 1 aliphatic rings. The van der Waals surface area contributed by atoms with E-state index in [-0.39, 0.29) is 0 Å². The number of hydrogen-bond acceptors (Lipinski definition) is 2. The molecule has 0 fully saturated rings. The molecule has 0 N–H and O–H groups in total. The van der Waals surface area contributed by atoms with Gasteiger partial charge in [-0.1, -0.05) is 24.3 Å². The Morgan fingerprint density at radius 2 is 2.19 bits per heavy atom. The molecule has 0 spiro atoms. The Bertz CT molecular complexity index is 575. The maximum atomic E-state index is 8.88. The van der Waals surface area contributed by atoms with Crippen molar-refractivity contribution in [2.24, 2.45) is 0 Å². The Kier molecular flexibility index (Phi) is 2.00. The van der Waals surface area contributed by atoms with Crippen LogP contribution in [-0.2, 0) is 13.0 Å². The summed E-state index contributed by atoms with van der Waals surface area (Å²) in [6, 6.07) is 10.4. The molecule has 2 aromatic rings. The van der Waals surface area contributed by atoms with E-state index in [1.54, 1.807) is 0 Å². The molecule has 3 rings (SSSR count). The maximum Gasteiger partial charge on any atom is 0.159 e. The Hall–Kier alpha value is -2.08. The minimum absolute atomic E-state index is 0.506. The second-order valence-corrected chi connectivity index (χ2v) is 4.02. The van der Waals surface area contributed by atoms with Gasteiger partial charge in [-0.3, -0.25) is 0 Å². The summed E-state index contributed by atoms with van der Waals surface area (Å²) < 4.78 is 2.09. The number of benzene rings is 1. The Morgan fingerprint density at radius 1 is 1.31 bits per heavy atom. The normalized spacial score (nSPS) is 13.4. The van der Waals surface area contributed by atoms with E-state index >= 15 is 0 Å². The molecule has 1 aromatic heterocycles. The molecule has 0 bridgehead atoms. The summed E-state index contributed by atoms with van der Waals surface area (Å²) in [5.41, 5.74) is 3.00. The summed E-state index contributed by atoms with van der Waals surface area (Å²) in [4.78, 5) is 4.37. The van der Waals surface area contributed by atoms with Crippen LogP contribution in [-0.4, -0.2) is 9.55 Å². The third kappa shape index (κ3) is 1.31. The van der Waals surface area contributed by atoms with Gasteiger partial charge in [0.15, 0.2) is 5.69 Å². The van der Waals surface area contributed by atoms with Gasteiger partial charge in [0.1, 0.15) is 11.9 Å². The second-order valence-electron chi connectivity index (χ2n) is 4.02. The van der Waals surface area contributed by atoms with Crippen molar-refractivity contribution in [2.75, 3.05) is 0 Å². The van der Waals surface area contributed by atoms with E-state index in [4.69, 9.17) is 5.26 Å². The molecule has 1 aromatic carbocycles. The number of hydrogen-bond donors (Lipinski definition) is 0. The highest BCUT2D eigenvalue weighted by Crippen LogP contribution is 2.27. The summed E-state index contributed by atoms with van der Waals surface area (Å²) in [6.45, 7) is 0.943. The first-order valence-corrected chi connectivity index (χ1v) is 5.44. The fraction of sp³-hybridized carbons (Fsp3) is 0.231. The molecule has 0 amide bonds. The molecule has 3 nitrogen and oxygen atoms in total. The van der Waals surface area contributed by atoms with Crippen LogP contribution in [0.2, 0.25) is 0 Å². The smallest absolute Gasteiger partial charge is 0.159 e. The van der Waals surface area contributed by atoms with Gasteiger partial charge in [-0.15, -0.1) is 0 Å². The monoisotopic (exact) mass is 209 g/mol. The van der Waals surface area contributed by atoms with E-state index in [1.165, 1.54) is 11.1 Å². The molecule has 0 aliphatic carbocycles. The molecule has 0 radical (unpaired) electrons. The van der Waals surface area contributed by atoms with Gasteiger partial charge in [-0.25, -0.2) is 4.98 Å². The van der Waals surface area contributed by atoms with Crippen LogP contribution in [0.5, 0.6) is 0 Å². The molecular weight excluding hydrogens is 198 g/mol. The molecule has 3 heteroatoms. The molecule has 2 heterocycles. The van der Waals surface area contributed by atoms with Gasteiger partial charge in [0.25, 0.3) is 0 Å². The van der Waals surface area contributed by atoms with Gasteiger partial charge in [0.05, 0.1) is 0 Å². The van der Waals surface area contributed by atoms with Crippen LogP contribution in [0.4, 0.5) is 0 Å². The molecule has 0 saturated heterocycles. The van der Waals surface area contributed by atoms with E-state index in [0.29, 0.717) is 5.69 Å². The summed E-state index contributed by atoms with van der Waals surface area (Å²) in [5.74, 6) is 0.935. The summed E-state index contributed by atoms with van der Waals surface area (Å²) in [5, 5.41) is 8.88. The molecular formula is C13H11N3. The fourth-order valence-electron chi connectivity index (χ4n) is 2.25. The number of aryl methyl sites for hydroxylation is 2. The lowest BCUT2D eigenvalue weighted by molar-refractivity contribution is 0.661. The van der Waals surface area contributed by atoms with Crippen molar-refractivity contribution in [3.05, 3.63) is 41.7 Å². The summed E-state index contributed by atoms with van der Waals surface area (Å²) in [6.07, 6.45) is 4.03. The average Bonchev–Trinajstić information content (AvgIpc) is 2.66. The molecule has 0 saturated carbocycles. The van der Waals surface area contributed by atoms with Crippen molar-refractivity contribution < 1.29 is 0 Å². The zero-order chi connectivity index (χ0) is 11.0. The van der Waals surface area contributed by atoms with Crippen LogP contribution in [0.15, 0.2) is 30.5 Å². The van der Waals surface area contributed by atoms with E-state index in [2.05, 4.69) is 33.8 Å². The predicted octanol–water partition coefficient (Wildman–Crippen LogP) is 2.37. The highest BCUT2D eigenvalue weighted by molar-refractivity contribution is 5.62. The highest BCUT2D eigenvalue weighted by Gasteiger charge is 2.16. The van der Waals surface area contributed by atoms with E-state index < -0.39 is 0 Å². The zero-order valence-electron chi connectivity index (χ0n) is 8.85. The van der Waals surface area contributed by atoms with Crippen molar-refractivity contribution in [1.29, 1.82) is 5.26 Å². The first-order valence-electron chi connectivity index (χ1n) is 5.44. The zero-order valence-corrected chi connectivity index (χ0v) is 8.85. The topological polar surface area (TPSA) is 41.6 Å².